The molecule has 2 aliphatic rings. The molecule has 2 aliphatic heterocycles. The van der Waals surface area contributed by atoms with Crippen molar-refractivity contribution in [3.8, 4) is 0 Å². The number of morpholine rings is 1. The average Bonchev–Trinajstić information content (AvgIpc) is 3.39. The minimum absolute atomic E-state index is 0.0118. The molecule has 0 radical (unpaired) electrons. The zero-order valence-electron chi connectivity index (χ0n) is 16.3. The molecule has 1 aromatic heterocycles. The van der Waals surface area contributed by atoms with Crippen LogP contribution in [-0.2, 0) is 19.1 Å². The van der Waals surface area contributed by atoms with Crippen molar-refractivity contribution in [2.75, 3.05) is 43.2 Å². The Morgan fingerprint density at radius 3 is 2.68 bits per heavy atom. The summed E-state index contributed by atoms with van der Waals surface area (Å²) in [5.74, 6) is -0.897. The van der Waals surface area contributed by atoms with Crippen LogP contribution in [0.25, 0.3) is 0 Å². The number of ether oxygens (including phenoxy) is 2. The molecule has 2 fully saturated rings. The van der Waals surface area contributed by atoms with Gasteiger partial charge in [-0.3, -0.25) is 14.4 Å². The van der Waals surface area contributed by atoms with E-state index in [1.165, 1.54) is 11.3 Å². The van der Waals surface area contributed by atoms with E-state index in [9.17, 15) is 14.4 Å². The first kappa shape index (κ1) is 22.2. The maximum atomic E-state index is 13.1. The number of nitrogens with zero attached hydrogens (tertiary/aromatic N) is 1. The van der Waals surface area contributed by atoms with Crippen LogP contribution in [0.15, 0.2) is 34.1 Å². The third-order valence-corrected chi connectivity index (χ3v) is 7.01. The Balaban J connectivity index is 1.49. The summed E-state index contributed by atoms with van der Waals surface area (Å²) in [5.41, 5.74) is -0.166. The van der Waals surface area contributed by atoms with E-state index in [0.29, 0.717) is 47.5 Å². The van der Waals surface area contributed by atoms with E-state index in [-0.39, 0.29) is 30.9 Å². The fourth-order valence-electron chi connectivity index (χ4n) is 3.44. The summed E-state index contributed by atoms with van der Waals surface area (Å²) < 4.78 is 11.4. The first-order chi connectivity index (χ1) is 14.9. The maximum absolute atomic E-state index is 13.1. The largest absolute Gasteiger partial charge is 0.378 e. The Morgan fingerprint density at radius 1 is 1.19 bits per heavy atom. The van der Waals surface area contributed by atoms with Crippen molar-refractivity contribution >= 4 is 68.0 Å². The van der Waals surface area contributed by atoms with Crippen molar-refractivity contribution in [3.05, 3.63) is 44.0 Å². The molecule has 1 unspecified atom stereocenters. The minimum atomic E-state index is -1.18. The van der Waals surface area contributed by atoms with E-state index in [1.807, 2.05) is 0 Å². The lowest BCUT2D eigenvalue weighted by atomic mass is 9.97. The van der Waals surface area contributed by atoms with Crippen molar-refractivity contribution in [2.24, 2.45) is 0 Å². The molecule has 0 bridgehead atoms. The van der Waals surface area contributed by atoms with Gasteiger partial charge in [0.25, 0.3) is 17.7 Å². The number of amides is 3. The Hall–Kier alpha value is -1.98. The number of benzene rings is 1. The van der Waals surface area contributed by atoms with Crippen LogP contribution in [0.1, 0.15) is 16.1 Å². The number of rotatable bonds is 5. The van der Waals surface area contributed by atoms with Crippen LogP contribution < -0.4 is 15.5 Å². The highest BCUT2D eigenvalue weighted by molar-refractivity contribution is 9.11. The van der Waals surface area contributed by atoms with Gasteiger partial charge in [0.05, 0.1) is 32.6 Å². The molecule has 4 rings (SSSR count). The summed E-state index contributed by atoms with van der Waals surface area (Å²) in [5, 5.41) is 5.99. The van der Waals surface area contributed by atoms with Crippen molar-refractivity contribution in [2.45, 2.75) is 12.0 Å². The number of carbonyl (C=O) groups is 3. The molecule has 31 heavy (non-hydrogen) atoms. The predicted octanol–water partition coefficient (Wildman–Crippen LogP) is 3.05. The molecule has 2 aromatic rings. The number of nitrogens with one attached hydrogen (secondary N) is 2. The summed E-state index contributed by atoms with van der Waals surface area (Å²) in [6.07, 6.45) is 0.352. The quantitative estimate of drug-likeness (QED) is 0.622. The second-order valence-electron chi connectivity index (χ2n) is 7.16. The van der Waals surface area contributed by atoms with Gasteiger partial charge < -0.3 is 25.0 Å². The molecule has 2 saturated heterocycles. The lowest BCUT2D eigenvalue weighted by Crippen LogP contribution is -2.57. The second kappa shape index (κ2) is 9.25. The highest BCUT2D eigenvalue weighted by Gasteiger charge is 2.44. The summed E-state index contributed by atoms with van der Waals surface area (Å²) in [6, 6.07) is 8.40. The number of halogens is 2. The fraction of sp³-hybridized carbons (Fsp3) is 0.350. The summed E-state index contributed by atoms with van der Waals surface area (Å²) in [6.45, 7) is 1.29. The van der Waals surface area contributed by atoms with Crippen molar-refractivity contribution in [1.29, 1.82) is 0 Å². The number of hydrogen-bond acceptors (Lipinski definition) is 6. The minimum Gasteiger partial charge on any atom is -0.378 e. The average molecular weight is 529 g/mol. The van der Waals surface area contributed by atoms with Gasteiger partial charge in [0.15, 0.2) is 0 Å². The van der Waals surface area contributed by atoms with Gasteiger partial charge in [-0.25, -0.2) is 0 Å². The van der Waals surface area contributed by atoms with Crippen LogP contribution in [-0.4, -0.2) is 56.2 Å². The molecule has 164 valence electrons. The van der Waals surface area contributed by atoms with Crippen LogP contribution in [0.5, 0.6) is 0 Å². The van der Waals surface area contributed by atoms with Crippen LogP contribution in [0.3, 0.4) is 0 Å². The Morgan fingerprint density at radius 2 is 2.03 bits per heavy atom. The zero-order chi connectivity index (χ0) is 22.0. The fourth-order valence-corrected chi connectivity index (χ4v) is 5.01. The molecular formula is C20H19BrClN3O5S. The van der Waals surface area contributed by atoms with E-state index in [1.54, 1.807) is 35.2 Å². The standard InChI is InChI=1S/C20H19BrClN3O5S/c21-16-4-3-15(31-16)18(27)24-20(5-7-30-11-20)19(28)23-12-1-2-14(13(22)9-12)25-6-8-29-10-17(25)26/h1-4,9H,5-8,10-11H2,(H,23,28)(H,24,27). The normalized spacial score (nSPS) is 21.2. The highest BCUT2D eigenvalue weighted by Crippen LogP contribution is 2.31. The van der Waals surface area contributed by atoms with Crippen molar-refractivity contribution in [3.63, 3.8) is 0 Å². The highest BCUT2D eigenvalue weighted by atomic mass is 79.9. The molecule has 3 amide bonds. The third kappa shape index (κ3) is 4.78. The SMILES string of the molecule is O=C(NC1(C(=O)Nc2ccc(N3CCOCC3=O)c(Cl)c2)CCOC1)c1ccc(Br)s1. The van der Waals surface area contributed by atoms with Crippen LogP contribution in [0, 0.1) is 0 Å². The van der Waals surface area contributed by atoms with Gasteiger partial charge in [0, 0.05) is 25.3 Å². The van der Waals surface area contributed by atoms with E-state index < -0.39 is 5.54 Å². The van der Waals surface area contributed by atoms with Gasteiger partial charge in [0.2, 0.25) is 0 Å². The van der Waals surface area contributed by atoms with Crippen LogP contribution >= 0.6 is 38.9 Å². The van der Waals surface area contributed by atoms with E-state index in [4.69, 9.17) is 21.1 Å². The third-order valence-electron chi connectivity index (χ3n) is 5.09. The van der Waals surface area contributed by atoms with Gasteiger partial charge in [-0.1, -0.05) is 11.6 Å². The second-order valence-corrected chi connectivity index (χ2v) is 10.0. The number of hydrogen-bond donors (Lipinski definition) is 2. The Bertz CT molecular complexity index is 1020. The molecule has 1 atom stereocenters. The topological polar surface area (TPSA) is 97.0 Å². The first-order valence-electron chi connectivity index (χ1n) is 9.53. The van der Waals surface area contributed by atoms with Crippen molar-refractivity contribution < 1.29 is 23.9 Å². The maximum Gasteiger partial charge on any atom is 0.262 e. The number of carbonyl (C=O) groups excluding carboxylic acids is 3. The van der Waals surface area contributed by atoms with Crippen LogP contribution in [0.2, 0.25) is 5.02 Å². The molecular weight excluding hydrogens is 510 g/mol. The van der Waals surface area contributed by atoms with E-state index in [2.05, 4.69) is 26.6 Å². The molecule has 11 heteroatoms. The van der Waals surface area contributed by atoms with Gasteiger partial charge in [-0.05, 0) is 46.3 Å². The van der Waals surface area contributed by atoms with E-state index in [0.717, 1.165) is 3.79 Å². The smallest absolute Gasteiger partial charge is 0.262 e. The lowest BCUT2D eigenvalue weighted by Gasteiger charge is -2.29. The number of thiophene rings is 1. The number of anilines is 2. The molecule has 2 N–H and O–H groups in total. The van der Waals surface area contributed by atoms with E-state index >= 15 is 0 Å². The molecule has 3 heterocycles. The van der Waals surface area contributed by atoms with Gasteiger partial charge in [0.1, 0.15) is 12.1 Å². The predicted molar refractivity (Wildman–Crippen MR) is 121 cm³/mol. The molecule has 8 nitrogen and oxygen atoms in total. The summed E-state index contributed by atoms with van der Waals surface area (Å²) in [4.78, 5) is 39.9. The Kier molecular flexibility index (Phi) is 6.63. The monoisotopic (exact) mass is 527 g/mol. The van der Waals surface area contributed by atoms with Gasteiger partial charge >= 0.3 is 0 Å². The van der Waals surface area contributed by atoms with Gasteiger partial charge in [-0.2, -0.15) is 0 Å². The molecule has 1 aromatic carbocycles. The van der Waals surface area contributed by atoms with Crippen molar-refractivity contribution in [1.82, 2.24) is 5.32 Å². The zero-order valence-corrected chi connectivity index (χ0v) is 19.4. The lowest BCUT2D eigenvalue weighted by molar-refractivity contribution is -0.125. The van der Waals surface area contributed by atoms with Crippen LogP contribution in [0.4, 0.5) is 11.4 Å². The molecule has 0 saturated carbocycles. The van der Waals surface area contributed by atoms with Gasteiger partial charge in [-0.15, -0.1) is 11.3 Å². The Labute approximate surface area is 196 Å². The summed E-state index contributed by atoms with van der Waals surface area (Å²) in [7, 11) is 0. The molecule has 0 spiro atoms. The molecule has 0 aliphatic carbocycles. The first-order valence-corrected chi connectivity index (χ1v) is 11.5. The summed E-state index contributed by atoms with van der Waals surface area (Å²) >= 11 is 11.0.